The second kappa shape index (κ2) is 4.30. The fourth-order valence-corrected chi connectivity index (χ4v) is 1.23. The fourth-order valence-electron chi connectivity index (χ4n) is 1.23. The molecule has 16 heavy (non-hydrogen) atoms. The Kier molecular flexibility index (Phi) is 3.44. The van der Waals surface area contributed by atoms with E-state index in [4.69, 9.17) is 10.0 Å². The summed E-state index contributed by atoms with van der Waals surface area (Å²) >= 11 is 0. The van der Waals surface area contributed by atoms with Gasteiger partial charge in [-0.2, -0.15) is 13.2 Å². The molecule has 3 nitrogen and oxygen atoms in total. The van der Waals surface area contributed by atoms with Crippen molar-refractivity contribution in [1.82, 2.24) is 0 Å². The van der Waals surface area contributed by atoms with E-state index in [0.717, 1.165) is 13.2 Å². The van der Waals surface area contributed by atoms with Crippen LogP contribution in [0.15, 0.2) is 12.1 Å². The number of ether oxygens (including phenoxy) is 1. The molecule has 0 aromatic heterocycles. The smallest absolute Gasteiger partial charge is 0.492 e. The summed E-state index contributed by atoms with van der Waals surface area (Å²) in [6.45, 7) is 0. The lowest BCUT2D eigenvalue weighted by molar-refractivity contribution is -0.137. The second-order valence-corrected chi connectivity index (χ2v) is 2.91. The van der Waals surface area contributed by atoms with Crippen molar-refractivity contribution in [2.45, 2.75) is 6.18 Å². The van der Waals surface area contributed by atoms with E-state index in [1.165, 1.54) is 0 Å². The van der Waals surface area contributed by atoms with Crippen molar-refractivity contribution in [1.29, 1.82) is 0 Å². The van der Waals surface area contributed by atoms with E-state index in [1.54, 1.807) is 0 Å². The van der Waals surface area contributed by atoms with Crippen molar-refractivity contribution in [2.75, 3.05) is 7.11 Å². The third-order valence-corrected chi connectivity index (χ3v) is 1.93. The first-order valence-corrected chi connectivity index (χ1v) is 4.08. The van der Waals surface area contributed by atoms with Crippen LogP contribution in [0.1, 0.15) is 5.56 Å². The highest BCUT2D eigenvalue weighted by Gasteiger charge is 2.39. The molecule has 88 valence electrons. The van der Waals surface area contributed by atoms with E-state index in [0.29, 0.717) is 6.07 Å². The number of halogens is 4. The van der Waals surface area contributed by atoms with Crippen LogP contribution in [0.2, 0.25) is 0 Å². The lowest BCUT2D eigenvalue weighted by Gasteiger charge is -2.14. The van der Waals surface area contributed by atoms with E-state index >= 15 is 0 Å². The molecule has 0 saturated heterocycles. The predicted octanol–water partition coefficient (Wildman–Crippen LogP) is 0.533. The van der Waals surface area contributed by atoms with Gasteiger partial charge in [-0.15, -0.1) is 0 Å². The van der Waals surface area contributed by atoms with E-state index in [9.17, 15) is 17.6 Å². The van der Waals surface area contributed by atoms with Crippen molar-refractivity contribution in [3.05, 3.63) is 23.5 Å². The molecule has 1 aromatic carbocycles. The standard InChI is InChI=1S/C8H7BF4O3/c1-16-5-3-2-4(8(11,12)13)6(7(5)10)9(14)15/h2-3,14-15H,1H3. The maximum atomic E-state index is 13.4. The Bertz CT molecular complexity index is 392. The molecule has 0 radical (unpaired) electrons. The zero-order chi connectivity index (χ0) is 12.5. The van der Waals surface area contributed by atoms with Gasteiger partial charge in [0.25, 0.3) is 0 Å². The maximum absolute atomic E-state index is 13.4. The third kappa shape index (κ3) is 2.28. The van der Waals surface area contributed by atoms with E-state index in [-0.39, 0.29) is 0 Å². The van der Waals surface area contributed by atoms with Crippen molar-refractivity contribution in [3.63, 3.8) is 0 Å². The van der Waals surface area contributed by atoms with Crippen molar-refractivity contribution >= 4 is 12.6 Å². The van der Waals surface area contributed by atoms with Gasteiger partial charge in [-0.1, -0.05) is 0 Å². The van der Waals surface area contributed by atoms with Crippen LogP contribution in [0.3, 0.4) is 0 Å². The van der Waals surface area contributed by atoms with Crippen LogP contribution in [-0.4, -0.2) is 24.3 Å². The molecule has 0 saturated carbocycles. The van der Waals surface area contributed by atoms with E-state index in [1.807, 2.05) is 0 Å². The average Bonchev–Trinajstić information content (AvgIpc) is 2.15. The maximum Gasteiger partial charge on any atom is 0.492 e. The summed E-state index contributed by atoms with van der Waals surface area (Å²) in [5, 5.41) is 17.5. The molecule has 2 N–H and O–H groups in total. The number of methoxy groups -OCH3 is 1. The molecule has 0 atom stereocenters. The Hall–Kier alpha value is -1.28. The topological polar surface area (TPSA) is 49.7 Å². The summed E-state index contributed by atoms with van der Waals surface area (Å²) in [4.78, 5) is 0. The van der Waals surface area contributed by atoms with Gasteiger partial charge in [0.2, 0.25) is 0 Å². The summed E-state index contributed by atoms with van der Waals surface area (Å²) in [6.07, 6.45) is -4.87. The van der Waals surface area contributed by atoms with Crippen molar-refractivity contribution < 1.29 is 32.3 Å². The highest BCUT2D eigenvalue weighted by molar-refractivity contribution is 6.59. The summed E-state index contributed by atoms with van der Waals surface area (Å²) in [6, 6.07) is 1.29. The van der Waals surface area contributed by atoms with Gasteiger partial charge in [0.15, 0.2) is 11.6 Å². The number of hydrogen-bond acceptors (Lipinski definition) is 3. The molecule has 0 fully saturated rings. The predicted molar refractivity (Wildman–Crippen MR) is 47.8 cm³/mol. The number of benzene rings is 1. The van der Waals surface area contributed by atoms with Crippen LogP contribution in [0.5, 0.6) is 5.75 Å². The van der Waals surface area contributed by atoms with Gasteiger partial charge in [0.05, 0.1) is 12.7 Å². The molecule has 0 aliphatic carbocycles. The number of rotatable bonds is 2. The molecule has 8 heteroatoms. The van der Waals surface area contributed by atoms with Crippen LogP contribution in [-0.2, 0) is 6.18 Å². The summed E-state index contributed by atoms with van der Waals surface area (Å²) in [5.74, 6) is -1.93. The van der Waals surface area contributed by atoms with Crippen LogP contribution >= 0.6 is 0 Å². The Morgan fingerprint density at radius 1 is 1.25 bits per heavy atom. The molecule has 1 aromatic rings. The Balaban J connectivity index is 3.47. The summed E-state index contributed by atoms with van der Waals surface area (Å²) in [7, 11) is -1.51. The molecule has 0 aliphatic rings. The highest BCUT2D eigenvalue weighted by Crippen LogP contribution is 2.30. The van der Waals surface area contributed by atoms with Gasteiger partial charge in [0.1, 0.15) is 0 Å². The SMILES string of the molecule is COc1ccc(C(F)(F)F)c(B(O)O)c1F. The van der Waals surface area contributed by atoms with Gasteiger partial charge in [-0.25, -0.2) is 4.39 Å². The molecule has 0 spiro atoms. The lowest BCUT2D eigenvalue weighted by Crippen LogP contribution is -2.38. The molecule has 0 bridgehead atoms. The van der Waals surface area contributed by atoms with Gasteiger partial charge in [-0.3, -0.25) is 0 Å². The first kappa shape index (κ1) is 12.8. The lowest BCUT2D eigenvalue weighted by atomic mass is 9.76. The third-order valence-electron chi connectivity index (χ3n) is 1.93. The average molecular weight is 238 g/mol. The second-order valence-electron chi connectivity index (χ2n) is 2.91. The summed E-state index contributed by atoms with van der Waals surface area (Å²) < 4.78 is 55.0. The highest BCUT2D eigenvalue weighted by atomic mass is 19.4. The molecule has 0 unspecified atom stereocenters. The molecule has 0 amide bonds. The largest absolute Gasteiger partial charge is 0.494 e. The normalized spacial score (nSPS) is 11.4. The summed E-state index contributed by atoms with van der Waals surface area (Å²) in [5.41, 5.74) is -2.69. The Morgan fingerprint density at radius 3 is 2.19 bits per heavy atom. The van der Waals surface area contributed by atoms with Crippen LogP contribution in [0.4, 0.5) is 17.6 Å². The van der Waals surface area contributed by atoms with Gasteiger partial charge in [-0.05, 0) is 12.1 Å². The molecular formula is C8H7BF4O3. The minimum Gasteiger partial charge on any atom is -0.494 e. The Morgan fingerprint density at radius 2 is 1.81 bits per heavy atom. The Labute approximate surface area is 88.4 Å². The van der Waals surface area contributed by atoms with Gasteiger partial charge in [0, 0.05) is 5.46 Å². The minimum atomic E-state index is -4.87. The van der Waals surface area contributed by atoms with Crippen LogP contribution in [0, 0.1) is 5.82 Å². The molecule has 0 aliphatic heterocycles. The number of hydrogen-bond donors (Lipinski definition) is 2. The van der Waals surface area contributed by atoms with Crippen LogP contribution in [0.25, 0.3) is 0 Å². The van der Waals surface area contributed by atoms with Gasteiger partial charge < -0.3 is 14.8 Å². The molecular weight excluding hydrogens is 231 g/mol. The number of alkyl halides is 3. The van der Waals surface area contributed by atoms with E-state index in [2.05, 4.69) is 4.74 Å². The minimum absolute atomic E-state index is 0.490. The molecule has 1 rings (SSSR count). The molecule has 0 heterocycles. The van der Waals surface area contributed by atoms with Crippen molar-refractivity contribution in [2.24, 2.45) is 0 Å². The van der Waals surface area contributed by atoms with Crippen molar-refractivity contribution in [3.8, 4) is 5.75 Å². The zero-order valence-electron chi connectivity index (χ0n) is 8.05. The quantitative estimate of drug-likeness (QED) is 0.583. The van der Waals surface area contributed by atoms with Gasteiger partial charge >= 0.3 is 13.3 Å². The first-order chi connectivity index (χ1) is 7.29. The fraction of sp³-hybridized carbons (Fsp3) is 0.250. The first-order valence-electron chi connectivity index (χ1n) is 4.08. The van der Waals surface area contributed by atoms with E-state index < -0.39 is 35.9 Å². The van der Waals surface area contributed by atoms with Crippen LogP contribution < -0.4 is 10.2 Å². The zero-order valence-corrected chi connectivity index (χ0v) is 8.05. The monoisotopic (exact) mass is 238 g/mol.